The van der Waals surface area contributed by atoms with Crippen LogP contribution in [0.25, 0.3) is 0 Å². The minimum Gasteiger partial charge on any atom is -0.479 e. The average molecular weight is 397 g/mol. The van der Waals surface area contributed by atoms with Gasteiger partial charge in [0.15, 0.2) is 0 Å². The van der Waals surface area contributed by atoms with Gasteiger partial charge in [-0.1, -0.05) is 12.1 Å². The summed E-state index contributed by atoms with van der Waals surface area (Å²) in [5, 5.41) is 3.52. The number of anilines is 2. The molecule has 0 spiro atoms. The van der Waals surface area contributed by atoms with E-state index >= 15 is 0 Å². The van der Waals surface area contributed by atoms with Crippen LogP contribution in [0.3, 0.4) is 0 Å². The Kier molecular flexibility index (Phi) is 5.27. The van der Waals surface area contributed by atoms with E-state index < -0.39 is 0 Å². The number of ether oxygens (including phenoxy) is 1. The van der Waals surface area contributed by atoms with Gasteiger partial charge in [0, 0.05) is 29.9 Å². The van der Waals surface area contributed by atoms with Gasteiger partial charge in [0.2, 0.25) is 5.88 Å². The number of aromatic nitrogens is 1. The van der Waals surface area contributed by atoms with Gasteiger partial charge in [-0.15, -0.1) is 0 Å². The molecule has 0 saturated heterocycles. The summed E-state index contributed by atoms with van der Waals surface area (Å²) in [4.78, 5) is 6.34. The number of pyridine rings is 1. The maximum absolute atomic E-state index is 5.39. The quantitative estimate of drug-likeness (QED) is 0.776. The van der Waals surface area contributed by atoms with E-state index in [4.69, 9.17) is 4.74 Å². The van der Waals surface area contributed by atoms with Crippen molar-refractivity contribution in [2.75, 3.05) is 31.4 Å². The molecule has 0 bridgehead atoms. The van der Waals surface area contributed by atoms with Crippen molar-refractivity contribution in [3.8, 4) is 5.88 Å². The van der Waals surface area contributed by atoms with Gasteiger partial charge in [0.1, 0.15) is 5.69 Å². The van der Waals surface area contributed by atoms with Crippen LogP contribution in [0.2, 0.25) is 0 Å². The van der Waals surface area contributed by atoms with Gasteiger partial charge in [-0.05, 0) is 53.3 Å². The predicted octanol–water partition coefficient (Wildman–Crippen LogP) is 3.93. The zero-order valence-electron chi connectivity index (χ0n) is 12.7. The van der Waals surface area contributed by atoms with Crippen molar-refractivity contribution in [3.05, 3.63) is 45.7 Å². The SMILES string of the molecule is COc1nccc(N(C)C)c1NC(C)c1ccc(I)cc1. The van der Waals surface area contributed by atoms with Gasteiger partial charge < -0.3 is 15.0 Å². The molecule has 1 atom stereocenters. The lowest BCUT2D eigenvalue weighted by Gasteiger charge is -2.23. The van der Waals surface area contributed by atoms with Crippen LogP contribution in [0.15, 0.2) is 36.5 Å². The number of rotatable bonds is 5. The average Bonchev–Trinajstić information content (AvgIpc) is 2.47. The minimum atomic E-state index is 0.166. The molecule has 112 valence electrons. The van der Waals surface area contributed by atoms with Crippen molar-refractivity contribution >= 4 is 34.0 Å². The predicted molar refractivity (Wildman–Crippen MR) is 96.3 cm³/mol. The standard InChI is InChI=1S/C16H20IN3O/c1-11(12-5-7-13(17)8-6-12)19-15-14(20(2)3)9-10-18-16(15)21-4/h5-11,19H,1-4H3. The van der Waals surface area contributed by atoms with Crippen LogP contribution in [0, 0.1) is 3.57 Å². The van der Waals surface area contributed by atoms with Crippen molar-refractivity contribution in [2.45, 2.75) is 13.0 Å². The molecule has 0 aliphatic heterocycles. The minimum absolute atomic E-state index is 0.166. The monoisotopic (exact) mass is 397 g/mol. The molecule has 21 heavy (non-hydrogen) atoms. The number of hydrogen-bond acceptors (Lipinski definition) is 4. The molecule has 4 nitrogen and oxygen atoms in total. The Labute approximate surface area is 139 Å². The molecule has 1 heterocycles. The second-order valence-corrected chi connectivity index (χ2v) is 6.27. The summed E-state index contributed by atoms with van der Waals surface area (Å²) in [7, 11) is 5.66. The summed E-state index contributed by atoms with van der Waals surface area (Å²) < 4.78 is 6.62. The van der Waals surface area contributed by atoms with E-state index in [9.17, 15) is 0 Å². The zero-order chi connectivity index (χ0) is 15.4. The molecule has 0 saturated carbocycles. The first-order valence-electron chi connectivity index (χ1n) is 6.75. The van der Waals surface area contributed by atoms with Crippen molar-refractivity contribution in [3.63, 3.8) is 0 Å². The van der Waals surface area contributed by atoms with E-state index in [1.54, 1.807) is 13.3 Å². The van der Waals surface area contributed by atoms with Crippen molar-refractivity contribution in [2.24, 2.45) is 0 Å². The molecule has 0 radical (unpaired) electrons. The summed E-state index contributed by atoms with van der Waals surface area (Å²) in [6.45, 7) is 2.13. The first kappa shape index (κ1) is 15.9. The van der Waals surface area contributed by atoms with Gasteiger partial charge in [-0.3, -0.25) is 0 Å². The molecule has 0 aliphatic rings. The molecule has 5 heteroatoms. The molecule has 0 amide bonds. The maximum Gasteiger partial charge on any atom is 0.239 e. The van der Waals surface area contributed by atoms with Crippen molar-refractivity contribution in [1.29, 1.82) is 0 Å². The number of halogens is 1. The van der Waals surface area contributed by atoms with Crippen LogP contribution in [0.5, 0.6) is 5.88 Å². The van der Waals surface area contributed by atoms with Crippen LogP contribution < -0.4 is 15.0 Å². The molecule has 1 aromatic heterocycles. The smallest absolute Gasteiger partial charge is 0.239 e. The van der Waals surface area contributed by atoms with Gasteiger partial charge in [0.25, 0.3) is 0 Å². The number of hydrogen-bond donors (Lipinski definition) is 1. The van der Waals surface area contributed by atoms with Gasteiger partial charge >= 0.3 is 0 Å². The second-order valence-electron chi connectivity index (χ2n) is 5.03. The Bertz CT molecular complexity index is 599. The summed E-state index contributed by atoms with van der Waals surface area (Å²) in [5.41, 5.74) is 3.20. The van der Waals surface area contributed by atoms with E-state index in [-0.39, 0.29) is 6.04 Å². The Morgan fingerprint density at radius 1 is 1.19 bits per heavy atom. The van der Waals surface area contributed by atoms with Gasteiger partial charge in [0.05, 0.1) is 12.8 Å². The van der Waals surface area contributed by atoms with Gasteiger partial charge in [-0.2, -0.15) is 0 Å². The molecule has 1 aromatic carbocycles. The van der Waals surface area contributed by atoms with Gasteiger partial charge in [-0.25, -0.2) is 4.98 Å². The summed E-state index contributed by atoms with van der Waals surface area (Å²) >= 11 is 2.31. The second kappa shape index (κ2) is 6.98. The molecule has 0 fully saturated rings. The third-order valence-electron chi connectivity index (χ3n) is 3.30. The van der Waals surface area contributed by atoms with Crippen LogP contribution in [0.1, 0.15) is 18.5 Å². The largest absolute Gasteiger partial charge is 0.479 e. The highest BCUT2D eigenvalue weighted by Crippen LogP contribution is 2.34. The highest BCUT2D eigenvalue weighted by atomic mass is 127. The molecule has 0 aliphatic carbocycles. The highest BCUT2D eigenvalue weighted by Gasteiger charge is 2.15. The Hall–Kier alpha value is -1.50. The van der Waals surface area contributed by atoms with E-state index in [1.807, 2.05) is 25.1 Å². The van der Waals surface area contributed by atoms with Crippen LogP contribution in [0.4, 0.5) is 11.4 Å². The number of nitrogens with one attached hydrogen (secondary N) is 1. The fourth-order valence-corrected chi connectivity index (χ4v) is 2.51. The molecular weight excluding hydrogens is 377 g/mol. The van der Waals surface area contributed by atoms with Crippen LogP contribution >= 0.6 is 22.6 Å². The Morgan fingerprint density at radius 2 is 1.86 bits per heavy atom. The Balaban J connectivity index is 2.31. The summed E-state index contributed by atoms with van der Waals surface area (Å²) in [6, 6.07) is 10.6. The number of methoxy groups -OCH3 is 1. The van der Waals surface area contributed by atoms with Crippen LogP contribution in [-0.2, 0) is 0 Å². The molecular formula is C16H20IN3O. The van der Waals surface area contributed by atoms with Crippen LogP contribution in [-0.4, -0.2) is 26.2 Å². The Morgan fingerprint density at radius 3 is 2.43 bits per heavy atom. The third kappa shape index (κ3) is 3.78. The normalized spacial score (nSPS) is 11.9. The maximum atomic E-state index is 5.39. The first-order chi connectivity index (χ1) is 10.0. The molecule has 1 unspecified atom stereocenters. The van der Waals surface area contributed by atoms with E-state index in [2.05, 4.69) is 64.1 Å². The lowest BCUT2D eigenvalue weighted by atomic mass is 10.1. The zero-order valence-corrected chi connectivity index (χ0v) is 14.9. The van der Waals surface area contributed by atoms with Crippen molar-refractivity contribution in [1.82, 2.24) is 4.98 Å². The fourth-order valence-electron chi connectivity index (χ4n) is 2.15. The first-order valence-corrected chi connectivity index (χ1v) is 7.83. The molecule has 1 N–H and O–H groups in total. The summed E-state index contributed by atoms with van der Waals surface area (Å²) in [5.74, 6) is 0.610. The lowest BCUT2D eigenvalue weighted by Crippen LogP contribution is -2.15. The molecule has 2 aromatic rings. The third-order valence-corrected chi connectivity index (χ3v) is 4.02. The number of benzene rings is 1. The van der Waals surface area contributed by atoms with E-state index in [1.165, 1.54) is 9.13 Å². The van der Waals surface area contributed by atoms with Crippen molar-refractivity contribution < 1.29 is 4.74 Å². The van der Waals surface area contributed by atoms with E-state index in [0.29, 0.717) is 5.88 Å². The highest BCUT2D eigenvalue weighted by molar-refractivity contribution is 14.1. The molecule has 2 rings (SSSR count). The summed E-state index contributed by atoms with van der Waals surface area (Å²) in [6.07, 6.45) is 1.76. The topological polar surface area (TPSA) is 37.4 Å². The van der Waals surface area contributed by atoms with E-state index in [0.717, 1.165) is 11.4 Å². The fraction of sp³-hybridized carbons (Fsp3) is 0.312. The lowest BCUT2D eigenvalue weighted by molar-refractivity contribution is 0.399. The number of nitrogens with zero attached hydrogens (tertiary/aromatic N) is 2.